The van der Waals surface area contributed by atoms with Crippen LogP contribution < -0.4 is 14.5 Å². The SMILES string of the molecule is Cc1cc2nc(N(CC[NH+]3CCOCC3)C(=O)COc3ccccc3)sc2cc1C. The lowest BCUT2D eigenvalue weighted by Gasteiger charge is -2.26. The van der Waals surface area contributed by atoms with Gasteiger partial charge in [0.05, 0.1) is 36.5 Å². The van der Waals surface area contributed by atoms with Gasteiger partial charge in [-0.3, -0.25) is 9.69 Å². The van der Waals surface area contributed by atoms with Crippen molar-refractivity contribution in [2.75, 3.05) is 50.9 Å². The number of carbonyl (C=O) groups excluding carboxylic acids is 1. The first-order valence-electron chi connectivity index (χ1n) is 10.4. The Hall–Kier alpha value is -2.48. The van der Waals surface area contributed by atoms with E-state index in [1.165, 1.54) is 16.0 Å². The Kier molecular flexibility index (Phi) is 6.62. The fraction of sp³-hybridized carbons (Fsp3) is 0.391. The van der Waals surface area contributed by atoms with Crippen LogP contribution in [0.4, 0.5) is 5.13 Å². The molecule has 1 N–H and O–H groups in total. The van der Waals surface area contributed by atoms with Crippen molar-refractivity contribution in [1.82, 2.24) is 4.98 Å². The summed E-state index contributed by atoms with van der Waals surface area (Å²) in [7, 11) is 0. The molecule has 0 spiro atoms. The number of hydrogen-bond donors (Lipinski definition) is 1. The highest BCUT2D eigenvalue weighted by Gasteiger charge is 2.23. The van der Waals surface area contributed by atoms with Gasteiger partial charge in [-0.2, -0.15) is 0 Å². The van der Waals surface area contributed by atoms with E-state index in [4.69, 9.17) is 14.5 Å². The van der Waals surface area contributed by atoms with Crippen molar-refractivity contribution in [2.45, 2.75) is 13.8 Å². The van der Waals surface area contributed by atoms with Crippen molar-refractivity contribution in [2.24, 2.45) is 0 Å². The number of hydrogen-bond acceptors (Lipinski definition) is 5. The van der Waals surface area contributed by atoms with Crippen LogP contribution in [-0.4, -0.2) is 56.9 Å². The molecule has 30 heavy (non-hydrogen) atoms. The summed E-state index contributed by atoms with van der Waals surface area (Å²) >= 11 is 1.57. The minimum atomic E-state index is -0.0704. The zero-order chi connectivity index (χ0) is 20.9. The second-order valence-electron chi connectivity index (χ2n) is 7.66. The highest BCUT2D eigenvalue weighted by atomic mass is 32.1. The third-order valence-electron chi connectivity index (χ3n) is 5.52. The van der Waals surface area contributed by atoms with Gasteiger partial charge in [0.25, 0.3) is 5.91 Å². The van der Waals surface area contributed by atoms with Crippen LogP contribution >= 0.6 is 11.3 Å². The van der Waals surface area contributed by atoms with Crippen LogP contribution in [0.1, 0.15) is 11.1 Å². The van der Waals surface area contributed by atoms with Gasteiger partial charge in [0.1, 0.15) is 18.8 Å². The second kappa shape index (κ2) is 9.55. The third kappa shape index (κ3) is 4.98. The Balaban J connectivity index is 1.53. The predicted molar refractivity (Wildman–Crippen MR) is 120 cm³/mol. The molecular formula is C23H28N3O3S+. The second-order valence-corrected chi connectivity index (χ2v) is 8.67. The molecule has 1 aliphatic rings. The van der Waals surface area contributed by atoms with E-state index in [9.17, 15) is 4.79 Å². The first-order chi connectivity index (χ1) is 14.6. The summed E-state index contributed by atoms with van der Waals surface area (Å²) in [6.45, 7) is 9.18. The van der Waals surface area contributed by atoms with Crippen LogP contribution in [-0.2, 0) is 9.53 Å². The lowest BCUT2D eigenvalue weighted by atomic mass is 10.1. The summed E-state index contributed by atoms with van der Waals surface area (Å²) in [5, 5.41) is 0.740. The number of carbonyl (C=O) groups is 1. The average Bonchev–Trinajstić information content (AvgIpc) is 3.16. The fourth-order valence-corrected chi connectivity index (χ4v) is 4.62. The Labute approximate surface area is 181 Å². The number of thiazole rings is 1. The largest absolute Gasteiger partial charge is 0.484 e. The maximum Gasteiger partial charge on any atom is 0.266 e. The number of anilines is 1. The highest BCUT2D eigenvalue weighted by Crippen LogP contribution is 2.30. The zero-order valence-electron chi connectivity index (χ0n) is 17.5. The molecule has 1 saturated heterocycles. The van der Waals surface area contributed by atoms with Gasteiger partial charge in [0.2, 0.25) is 0 Å². The smallest absolute Gasteiger partial charge is 0.266 e. The Bertz CT molecular complexity index is 961. The van der Waals surface area contributed by atoms with Crippen molar-refractivity contribution in [1.29, 1.82) is 0 Å². The first-order valence-corrected chi connectivity index (χ1v) is 11.2. The van der Waals surface area contributed by atoms with Crippen LogP contribution in [0.3, 0.4) is 0 Å². The predicted octanol–water partition coefficient (Wildman–Crippen LogP) is 2.24. The molecule has 0 radical (unpaired) electrons. The third-order valence-corrected chi connectivity index (χ3v) is 6.56. The van der Waals surface area contributed by atoms with Gasteiger partial charge in [-0.1, -0.05) is 29.5 Å². The molecule has 1 aliphatic heterocycles. The molecule has 0 bridgehead atoms. The number of aromatic nitrogens is 1. The lowest BCUT2D eigenvalue weighted by molar-refractivity contribution is -0.906. The van der Waals surface area contributed by atoms with Gasteiger partial charge in [-0.15, -0.1) is 0 Å². The molecule has 158 valence electrons. The number of aryl methyl sites for hydroxylation is 2. The van der Waals surface area contributed by atoms with Crippen LogP contribution in [0.2, 0.25) is 0 Å². The van der Waals surface area contributed by atoms with E-state index in [1.54, 1.807) is 16.2 Å². The molecule has 1 amide bonds. The standard InChI is InChI=1S/C23H27N3O3S/c1-17-14-20-21(15-18(17)2)30-23(24-20)26(9-8-25-10-12-28-13-11-25)22(27)16-29-19-6-4-3-5-7-19/h3-7,14-15H,8-13,16H2,1-2H3/p+1. The molecule has 4 rings (SSSR count). The monoisotopic (exact) mass is 426 g/mol. The highest BCUT2D eigenvalue weighted by molar-refractivity contribution is 7.22. The Morgan fingerprint density at radius 2 is 1.90 bits per heavy atom. The van der Waals surface area contributed by atoms with Crippen LogP contribution in [0, 0.1) is 13.8 Å². The molecule has 0 atom stereocenters. The van der Waals surface area contributed by atoms with Crippen LogP contribution in [0.25, 0.3) is 10.2 Å². The first kappa shape index (κ1) is 20.8. The molecule has 7 heteroatoms. The normalized spacial score (nSPS) is 14.7. The van der Waals surface area contributed by atoms with Crippen LogP contribution in [0.15, 0.2) is 42.5 Å². The summed E-state index contributed by atoms with van der Waals surface area (Å²) < 4.78 is 12.3. The van der Waals surface area contributed by atoms with Gasteiger partial charge in [-0.05, 0) is 49.2 Å². The number of fused-ring (bicyclic) bond motifs is 1. The molecule has 2 heterocycles. The number of para-hydroxylation sites is 1. The number of quaternary nitrogens is 1. The van der Waals surface area contributed by atoms with Crippen molar-refractivity contribution in [3.8, 4) is 5.75 Å². The molecule has 1 aromatic heterocycles. The molecule has 1 fully saturated rings. The van der Waals surface area contributed by atoms with E-state index in [0.29, 0.717) is 12.3 Å². The van der Waals surface area contributed by atoms with E-state index in [0.717, 1.165) is 48.2 Å². The van der Waals surface area contributed by atoms with E-state index in [1.807, 2.05) is 30.3 Å². The van der Waals surface area contributed by atoms with Crippen molar-refractivity contribution < 1.29 is 19.2 Å². The topological polar surface area (TPSA) is 56.1 Å². The number of ether oxygens (including phenoxy) is 2. The van der Waals surface area contributed by atoms with E-state index >= 15 is 0 Å². The molecule has 2 aromatic carbocycles. The van der Waals surface area contributed by atoms with Gasteiger partial charge in [0.15, 0.2) is 11.7 Å². The van der Waals surface area contributed by atoms with Gasteiger partial charge in [-0.25, -0.2) is 4.98 Å². The van der Waals surface area contributed by atoms with Crippen molar-refractivity contribution in [3.63, 3.8) is 0 Å². The van der Waals surface area contributed by atoms with E-state index in [-0.39, 0.29) is 12.5 Å². The van der Waals surface area contributed by atoms with E-state index in [2.05, 4.69) is 26.0 Å². The minimum Gasteiger partial charge on any atom is -0.484 e. The van der Waals surface area contributed by atoms with Gasteiger partial charge < -0.3 is 14.4 Å². The molecule has 0 aliphatic carbocycles. The number of rotatable bonds is 7. The summed E-state index contributed by atoms with van der Waals surface area (Å²) in [5.41, 5.74) is 3.39. The maximum absolute atomic E-state index is 13.1. The van der Waals surface area contributed by atoms with Gasteiger partial charge >= 0.3 is 0 Å². The fourth-order valence-electron chi connectivity index (χ4n) is 3.53. The quantitative estimate of drug-likeness (QED) is 0.630. The molecule has 3 aromatic rings. The molecule has 6 nitrogen and oxygen atoms in total. The van der Waals surface area contributed by atoms with E-state index < -0.39 is 0 Å². The molecule has 0 saturated carbocycles. The number of nitrogens with one attached hydrogen (secondary N) is 1. The number of benzene rings is 2. The van der Waals surface area contributed by atoms with Gasteiger partial charge in [0, 0.05) is 0 Å². The molecular weight excluding hydrogens is 398 g/mol. The van der Waals surface area contributed by atoms with Crippen molar-refractivity contribution >= 4 is 32.6 Å². The Morgan fingerprint density at radius 1 is 1.17 bits per heavy atom. The number of nitrogens with zero attached hydrogens (tertiary/aromatic N) is 2. The summed E-state index contributed by atoms with van der Waals surface area (Å²) in [6.07, 6.45) is 0. The average molecular weight is 427 g/mol. The summed E-state index contributed by atoms with van der Waals surface area (Å²) in [5.74, 6) is 0.624. The number of amides is 1. The summed E-state index contributed by atoms with van der Waals surface area (Å²) in [4.78, 5) is 21.2. The molecule has 0 unspecified atom stereocenters. The zero-order valence-corrected chi connectivity index (χ0v) is 18.3. The minimum absolute atomic E-state index is 0.00353. The van der Waals surface area contributed by atoms with Crippen molar-refractivity contribution in [3.05, 3.63) is 53.6 Å². The summed E-state index contributed by atoms with van der Waals surface area (Å²) in [6, 6.07) is 13.7. The Morgan fingerprint density at radius 3 is 2.67 bits per heavy atom. The van der Waals surface area contributed by atoms with Crippen LogP contribution in [0.5, 0.6) is 5.75 Å². The maximum atomic E-state index is 13.1. The number of morpholine rings is 1. The lowest BCUT2D eigenvalue weighted by Crippen LogP contribution is -3.14.